The van der Waals surface area contributed by atoms with E-state index in [9.17, 15) is 4.79 Å². The number of fused-ring (bicyclic) bond motifs is 3. The Labute approximate surface area is 200 Å². The summed E-state index contributed by atoms with van der Waals surface area (Å²) in [5.74, 6) is 4.88. The van der Waals surface area contributed by atoms with E-state index in [1.807, 2.05) is 0 Å². The van der Waals surface area contributed by atoms with Crippen molar-refractivity contribution in [2.24, 2.45) is 29.6 Å². The highest BCUT2D eigenvalue weighted by Crippen LogP contribution is 2.53. The predicted octanol–water partition coefficient (Wildman–Crippen LogP) is 9.25. The van der Waals surface area contributed by atoms with E-state index in [4.69, 9.17) is 4.74 Å². The van der Waals surface area contributed by atoms with Crippen molar-refractivity contribution < 1.29 is 9.53 Å². The van der Waals surface area contributed by atoms with E-state index in [0.717, 1.165) is 48.9 Å². The molecule has 2 nitrogen and oxygen atoms in total. The Hall–Kier alpha value is -0.530. The molecular weight excluding hydrogens is 392 g/mol. The molecule has 0 amide bonds. The fraction of sp³-hybridized carbons (Fsp3) is 0.967. The number of rotatable bonds is 14. The van der Waals surface area contributed by atoms with Crippen molar-refractivity contribution in [2.45, 2.75) is 155 Å². The molecule has 3 saturated carbocycles. The summed E-state index contributed by atoms with van der Waals surface area (Å²) >= 11 is 0. The van der Waals surface area contributed by atoms with Crippen molar-refractivity contribution >= 4 is 5.97 Å². The van der Waals surface area contributed by atoms with Gasteiger partial charge >= 0.3 is 5.97 Å². The zero-order chi connectivity index (χ0) is 22.6. The molecule has 186 valence electrons. The monoisotopic (exact) mass is 446 g/mol. The maximum absolute atomic E-state index is 12.3. The Kier molecular flexibility index (Phi) is 12.0. The van der Waals surface area contributed by atoms with Gasteiger partial charge in [-0.15, -0.1) is 0 Å². The molecular formula is C30H54O2. The van der Waals surface area contributed by atoms with Gasteiger partial charge in [0.2, 0.25) is 0 Å². The molecule has 0 aromatic rings. The number of esters is 1. The van der Waals surface area contributed by atoms with Gasteiger partial charge in [0.25, 0.3) is 0 Å². The molecule has 2 heteroatoms. The third kappa shape index (κ3) is 8.35. The molecule has 0 heterocycles. The largest absolute Gasteiger partial charge is 0.462 e. The summed E-state index contributed by atoms with van der Waals surface area (Å²) in [5.41, 5.74) is 0. The third-order valence-electron chi connectivity index (χ3n) is 9.35. The number of ether oxygens (including phenoxy) is 1. The minimum Gasteiger partial charge on any atom is -0.462 e. The first-order valence-corrected chi connectivity index (χ1v) is 14.9. The van der Waals surface area contributed by atoms with E-state index in [2.05, 4.69) is 13.8 Å². The minimum absolute atomic E-state index is 0.0806. The van der Waals surface area contributed by atoms with Crippen LogP contribution in [-0.4, -0.2) is 12.1 Å². The summed E-state index contributed by atoms with van der Waals surface area (Å²) in [7, 11) is 0. The van der Waals surface area contributed by atoms with Crippen LogP contribution in [0.4, 0.5) is 0 Å². The standard InChI is InChI=1S/C30H54O2/c1-3-5-7-9-11-13-15-30(31)32-27-19-21-29-26(23-27)18-17-25-22-24(16-20-28(25)29)14-12-10-8-6-4-2/h24-29H,3-23H2,1-2H3. The topological polar surface area (TPSA) is 26.3 Å². The van der Waals surface area contributed by atoms with E-state index < -0.39 is 0 Å². The summed E-state index contributed by atoms with van der Waals surface area (Å²) in [6, 6.07) is 0. The van der Waals surface area contributed by atoms with Gasteiger partial charge in [0.05, 0.1) is 0 Å². The van der Waals surface area contributed by atoms with E-state index >= 15 is 0 Å². The number of unbranched alkanes of at least 4 members (excludes halogenated alkanes) is 9. The fourth-order valence-corrected chi connectivity index (χ4v) is 7.55. The smallest absolute Gasteiger partial charge is 0.306 e. The molecule has 0 aromatic heterocycles. The van der Waals surface area contributed by atoms with Crippen LogP contribution < -0.4 is 0 Å². The summed E-state index contributed by atoms with van der Waals surface area (Å²) in [6.45, 7) is 4.56. The summed E-state index contributed by atoms with van der Waals surface area (Å²) in [4.78, 5) is 12.3. The van der Waals surface area contributed by atoms with Crippen molar-refractivity contribution in [2.75, 3.05) is 0 Å². The van der Waals surface area contributed by atoms with E-state index in [1.165, 1.54) is 109 Å². The molecule has 0 bridgehead atoms. The lowest BCUT2D eigenvalue weighted by Gasteiger charge is -2.50. The fourth-order valence-electron chi connectivity index (χ4n) is 7.55. The predicted molar refractivity (Wildman–Crippen MR) is 136 cm³/mol. The van der Waals surface area contributed by atoms with Gasteiger partial charge in [0, 0.05) is 6.42 Å². The van der Waals surface area contributed by atoms with Crippen molar-refractivity contribution in [1.82, 2.24) is 0 Å². The molecule has 0 saturated heterocycles. The van der Waals surface area contributed by atoms with Gasteiger partial charge in [-0.25, -0.2) is 0 Å². The van der Waals surface area contributed by atoms with Crippen LogP contribution in [0.5, 0.6) is 0 Å². The lowest BCUT2D eigenvalue weighted by atomic mass is 9.56. The van der Waals surface area contributed by atoms with Crippen LogP contribution in [0.25, 0.3) is 0 Å². The van der Waals surface area contributed by atoms with Crippen LogP contribution in [0.2, 0.25) is 0 Å². The van der Waals surface area contributed by atoms with Gasteiger partial charge < -0.3 is 4.74 Å². The van der Waals surface area contributed by atoms with E-state index in [0.29, 0.717) is 6.42 Å². The quantitative estimate of drug-likeness (QED) is 0.196. The van der Waals surface area contributed by atoms with Crippen LogP contribution in [0.1, 0.15) is 149 Å². The lowest BCUT2D eigenvalue weighted by Crippen LogP contribution is -2.43. The normalized spacial score (nSPS) is 32.2. The average Bonchev–Trinajstić information content (AvgIpc) is 2.81. The Balaban J connectivity index is 1.32. The lowest BCUT2D eigenvalue weighted by molar-refractivity contribution is -0.153. The van der Waals surface area contributed by atoms with Gasteiger partial charge in [-0.1, -0.05) is 90.9 Å². The van der Waals surface area contributed by atoms with Crippen LogP contribution >= 0.6 is 0 Å². The molecule has 0 aromatic carbocycles. The van der Waals surface area contributed by atoms with Crippen LogP contribution in [0, 0.1) is 29.6 Å². The maximum atomic E-state index is 12.3. The van der Waals surface area contributed by atoms with Gasteiger partial charge in [0.15, 0.2) is 0 Å². The second-order valence-corrected chi connectivity index (χ2v) is 11.7. The molecule has 3 aliphatic rings. The molecule has 6 atom stereocenters. The molecule has 0 spiro atoms. The summed E-state index contributed by atoms with van der Waals surface area (Å²) in [5, 5.41) is 0. The first-order chi connectivity index (χ1) is 15.7. The first kappa shape index (κ1) is 26.1. The molecule has 32 heavy (non-hydrogen) atoms. The van der Waals surface area contributed by atoms with E-state index in [1.54, 1.807) is 0 Å². The Morgan fingerprint density at radius 3 is 1.97 bits per heavy atom. The molecule has 3 fully saturated rings. The van der Waals surface area contributed by atoms with Crippen LogP contribution in [0.3, 0.4) is 0 Å². The molecule has 3 rings (SSSR count). The Bertz CT molecular complexity index is 515. The molecule has 0 radical (unpaired) electrons. The SMILES string of the molecule is CCCCCCCCC(=O)OC1CCC2C(CCC3CC(CCCCCCC)CCC32)C1. The third-order valence-corrected chi connectivity index (χ3v) is 9.35. The Morgan fingerprint density at radius 2 is 1.25 bits per heavy atom. The van der Waals surface area contributed by atoms with E-state index in [-0.39, 0.29) is 12.1 Å². The highest BCUT2D eigenvalue weighted by Gasteiger charge is 2.44. The average molecular weight is 447 g/mol. The Morgan fingerprint density at radius 1 is 0.656 bits per heavy atom. The second kappa shape index (κ2) is 14.7. The summed E-state index contributed by atoms with van der Waals surface area (Å²) < 4.78 is 5.95. The van der Waals surface area contributed by atoms with Crippen molar-refractivity contribution in [3.8, 4) is 0 Å². The molecule has 6 unspecified atom stereocenters. The highest BCUT2D eigenvalue weighted by atomic mass is 16.5. The maximum Gasteiger partial charge on any atom is 0.306 e. The van der Waals surface area contributed by atoms with Crippen molar-refractivity contribution in [1.29, 1.82) is 0 Å². The van der Waals surface area contributed by atoms with Crippen molar-refractivity contribution in [3.63, 3.8) is 0 Å². The molecule has 0 aliphatic heterocycles. The number of hydrogen-bond acceptors (Lipinski definition) is 2. The number of carbonyl (C=O) groups excluding carboxylic acids is 1. The zero-order valence-corrected chi connectivity index (χ0v) is 21.6. The number of carbonyl (C=O) groups is 1. The summed E-state index contributed by atoms with van der Waals surface area (Å²) in [6.07, 6.45) is 27.9. The minimum atomic E-state index is 0.0806. The second-order valence-electron chi connectivity index (χ2n) is 11.7. The van der Waals surface area contributed by atoms with Crippen LogP contribution in [0.15, 0.2) is 0 Å². The van der Waals surface area contributed by atoms with Gasteiger partial charge in [-0.3, -0.25) is 4.79 Å². The zero-order valence-electron chi connectivity index (χ0n) is 21.6. The van der Waals surface area contributed by atoms with Gasteiger partial charge in [0.1, 0.15) is 6.10 Å². The molecule has 3 aliphatic carbocycles. The van der Waals surface area contributed by atoms with Crippen molar-refractivity contribution in [3.05, 3.63) is 0 Å². The first-order valence-electron chi connectivity index (χ1n) is 14.9. The number of hydrogen-bond donors (Lipinski definition) is 0. The van der Waals surface area contributed by atoms with Gasteiger partial charge in [-0.2, -0.15) is 0 Å². The highest BCUT2D eigenvalue weighted by molar-refractivity contribution is 5.69. The van der Waals surface area contributed by atoms with Gasteiger partial charge in [-0.05, 0) is 81.0 Å². The molecule has 0 N–H and O–H groups in total. The van der Waals surface area contributed by atoms with Crippen LogP contribution in [-0.2, 0) is 9.53 Å².